The third-order valence-electron chi connectivity index (χ3n) is 3.56. The van der Waals surface area contributed by atoms with Crippen LogP contribution in [0.5, 0.6) is 5.75 Å². The van der Waals surface area contributed by atoms with Crippen LogP contribution in [-0.4, -0.2) is 6.61 Å². The van der Waals surface area contributed by atoms with Crippen LogP contribution in [0.15, 0.2) is 24.3 Å². The van der Waals surface area contributed by atoms with E-state index in [-0.39, 0.29) is 0 Å². The maximum Gasteiger partial charge on any atom is 0.119 e. The van der Waals surface area contributed by atoms with Gasteiger partial charge in [0.1, 0.15) is 5.75 Å². The molecule has 1 aliphatic rings. The van der Waals surface area contributed by atoms with Gasteiger partial charge in [-0.25, -0.2) is 0 Å². The number of hydrogen-bond acceptors (Lipinski definition) is 1. The van der Waals surface area contributed by atoms with E-state index in [0.717, 1.165) is 23.3 Å². The highest BCUT2D eigenvalue weighted by molar-refractivity contribution is 6.30. The Balaban J connectivity index is 1.60. The van der Waals surface area contributed by atoms with Crippen molar-refractivity contribution in [3.63, 3.8) is 0 Å². The van der Waals surface area contributed by atoms with E-state index in [1.54, 1.807) is 0 Å². The molecule has 0 bridgehead atoms. The van der Waals surface area contributed by atoms with Gasteiger partial charge in [0.25, 0.3) is 0 Å². The van der Waals surface area contributed by atoms with Crippen molar-refractivity contribution < 1.29 is 4.74 Å². The summed E-state index contributed by atoms with van der Waals surface area (Å²) in [6.45, 7) is 0.831. The van der Waals surface area contributed by atoms with Crippen LogP contribution >= 0.6 is 11.6 Å². The molecule has 1 nitrogen and oxygen atoms in total. The summed E-state index contributed by atoms with van der Waals surface area (Å²) in [5, 5.41) is 0.763. The minimum absolute atomic E-state index is 0.763. The zero-order chi connectivity index (χ0) is 11.9. The third kappa shape index (κ3) is 4.59. The molecule has 0 radical (unpaired) electrons. The first-order chi connectivity index (χ1) is 8.34. The van der Waals surface area contributed by atoms with Crippen LogP contribution in [0, 0.1) is 5.92 Å². The molecule has 0 aliphatic heterocycles. The predicted octanol–water partition coefficient (Wildman–Crippen LogP) is 5.08. The predicted molar refractivity (Wildman–Crippen MR) is 72.8 cm³/mol. The summed E-state index contributed by atoms with van der Waals surface area (Å²) in [4.78, 5) is 0. The number of halogens is 1. The van der Waals surface area contributed by atoms with Gasteiger partial charge in [0, 0.05) is 5.02 Å². The first kappa shape index (κ1) is 12.8. The zero-order valence-electron chi connectivity index (χ0n) is 10.3. The molecule has 1 aliphatic carbocycles. The van der Waals surface area contributed by atoms with Gasteiger partial charge in [-0.05, 0) is 43.0 Å². The quantitative estimate of drug-likeness (QED) is 0.664. The van der Waals surface area contributed by atoms with Crippen molar-refractivity contribution in [3.05, 3.63) is 29.3 Å². The number of hydrogen-bond donors (Lipinski definition) is 0. The number of rotatable bonds is 5. The van der Waals surface area contributed by atoms with Crippen molar-refractivity contribution in [2.24, 2.45) is 5.92 Å². The van der Waals surface area contributed by atoms with Crippen LogP contribution in [0.25, 0.3) is 0 Å². The monoisotopic (exact) mass is 252 g/mol. The van der Waals surface area contributed by atoms with Gasteiger partial charge < -0.3 is 4.74 Å². The van der Waals surface area contributed by atoms with Gasteiger partial charge in [0.05, 0.1) is 6.61 Å². The standard InChI is InChI=1S/C15H21ClO/c16-14-8-10-15(11-9-14)17-12-4-7-13-5-2-1-3-6-13/h8-11,13H,1-7,12H2. The third-order valence-corrected chi connectivity index (χ3v) is 3.82. The summed E-state index contributed by atoms with van der Waals surface area (Å²) in [6, 6.07) is 7.61. The second-order valence-electron chi connectivity index (χ2n) is 4.95. The Morgan fingerprint density at radius 1 is 1.06 bits per heavy atom. The fourth-order valence-corrected chi connectivity index (χ4v) is 2.69. The molecule has 0 aromatic heterocycles. The lowest BCUT2D eigenvalue weighted by atomic mass is 9.86. The number of ether oxygens (including phenoxy) is 1. The van der Waals surface area contributed by atoms with Crippen LogP contribution in [0.2, 0.25) is 5.02 Å². The van der Waals surface area contributed by atoms with E-state index in [2.05, 4.69) is 0 Å². The summed E-state index contributed by atoms with van der Waals surface area (Å²) in [7, 11) is 0. The summed E-state index contributed by atoms with van der Waals surface area (Å²) in [6.07, 6.45) is 9.67. The lowest BCUT2D eigenvalue weighted by Gasteiger charge is -2.21. The Labute approximate surface area is 109 Å². The largest absolute Gasteiger partial charge is 0.494 e. The van der Waals surface area contributed by atoms with Crippen LogP contribution in [-0.2, 0) is 0 Å². The highest BCUT2D eigenvalue weighted by atomic mass is 35.5. The maximum atomic E-state index is 5.82. The van der Waals surface area contributed by atoms with Gasteiger partial charge in [-0.1, -0.05) is 43.7 Å². The van der Waals surface area contributed by atoms with Crippen LogP contribution in [0.3, 0.4) is 0 Å². The molecule has 0 saturated heterocycles. The molecule has 0 heterocycles. The average molecular weight is 253 g/mol. The van der Waals surface area contributed by atoms with Gasteiger partial charge in [-0.3, -0.25) is 0 Å². The van der Waals surface area contributed by atoms with E-state index in [1.807, 2.05) is 24.3 Å². The normalized spacial score (nSPS) is 17.0. The van der Waals surface area contributed by atoms with E-state index in [0.29, 0.717) is 0 Å². The van der Waals surface area contributed by atoms with Crippen LogP contribution in [0.1, 0.15) is 44.9 Å². The summed E-state index contributed by atoms with van der Waals surface area (Å²) < 4.78 is 5.69. The van der Waals surface area contributed by atoms with Crippen molar-refractivity contribution in [2.75, 3.05) is 6.61 Å². The van der Waals surface area contributed by atoms with Gasteiger partial charge in [0.2, 0.25) is 0 Å². The summed E-state index contributed by atoms with van der Waals surface area (Å²) in [5.74, 6) is 1.88. The highest BCUT2D eigenvalue weighted by Crippen LogP contribution is 2.27. The second kappa shape index (κ2) is 6.90. The fraction of sp³-hybridized carbons (Fsp3) is 0.600. The van der Waals surface area contributed by atoms with E-state index in [9.17, 15) is 0 Å². The molecule has 0 unspecified atom stereocenters. The molecule has 2 heteroatoms. The maximum absolute atomic E-state index is 5.82. The average Bonchev–Trinajstić information content (AvgIpc) is 2.38. The molecule has 2 rings (SSSR count). The highest BCUT2D eigenvalue weighted by Gasteiger charge is 2.12. The molecule has 0 atom stereocenters. The molecule has 1 aromatic carbocycles. The summed E-state index contributed by atoms with van der Waals surface area (Å²) >= 11 is 5.82. The van der Waals surface area contributed by atoms with Gasteiger partial charge in [-0.2, -0.15) is 0 Å². The van der Waals surface area contributed by atoms with E-state index in [4.69, 9.17) is 16.3 Å². The van der Waals surface area contributed by atoms with Crippen molar-refractivity contribution in [1.29, 1.82) is 0 Å². The van der Waals surface area contributed by atoms with Crippen molar-refractivity contribution in [1.82, 2.24) is 0 Å². The Morgan fingerprint density at radius 2 is 1.76 bits per heavy atom. The molecular formula is C15H21ClO. The van der Waals surface area contributed by atoms with Gasteiger partial charge in [-0.15, -0.1) is 0 Å². The molecular weight excluding hydrogens is 232 g/mol. The zero-order valence-corrected chi connectivity index (χ0v) is 11.1. The topological polar surface area (TPSA) is 9.23 Å². The lowest BCUT2D eigenvalue weighted by molar-refractivity contribution is 0.269. The minimum atomic E-state index is 0.763. The molecule has 1 aromatic rings. The van der Waals surface area contributed by atoms with Crippen molar-refractivity contribution in [3.8, 4) is 5.75 Å². The van der Waals surface area contributed by atoms with E-state index < -0.39 is 0 Å². The van der Waals surface area contributed by atoms with E-state index >= 15 is 0 Å². The van der Waals surface area contributed by atoms with Gasteiger partial charge in [0.15, 0.2) is 0 Å². The molecule has 1 saturated carbocycles. The molecule has 1 fully saturated rings. The Hall–Kier alpha value is -0.690. The minimum Gasteiger partial charge on any atom is -0.494 e. The van der Waals surface area contributed by atoms with Crippen LogP contribution in [0.4, 0.5) is 0 Å². The molecule has 17 heavy (non-hydrogen) atoms. The van der Waals surface area contributed by atoms with E-state index in [1.165, 1.54) is 44.9 Å². The molecule has 94 valence electrons. The lowest BCUT2D eigenvalue weighted by Crippen LogP contribution is -2.08. The second-order valence-corrected chi connectivity index (χ2v) is 5.39. The molecule has 0 N–H and O–H groups in total. The Morgan fingerprint density at radius 3 is 2.47 bits per heavy atom. The molecule has 0 amide bonds. The first-order valence-electron chi connectivity index (χ1n) is 6.73. The Bertz CT molecular complexity index is 314. The SMILES string of the molecule is Clc1ccc(OCCCC2CCCCC2)cc1. The number of benzene rings is 1. The molecule has 0 spiro atoms. The van der Waals surface area contributed by atoms with Crippen molar-refractivity contribution in [2.45, 2.75) is 44.9 Å². The summed E-state index contributed by atoms with van der Waals surface area (Å²) in [5.41, 5.74) is 0. The first-order valence-corrected chi connectivity index (χ1v) is 7.11. The smallest absolute Gasteiger partial charge is 0.119 e. The van der Waals surface area contributed by atoms with Crippen LogP contribution < -0.4 is 4.74 Å². The van der Waals surface area contributed by atoms with Crippen molar-refractivity contribution >= 4 is 11.6 Å². The fourth-order valence-electron chi connectivity index (χ4n) is 2.57. The van der Waals surface area contributed by atoms with Gasteiger partial charge >= 0.3 is 0 Å². The Kier molecular flexibility index (Phi) is 5.18.